The largest absolute Gasteiger partial charge is 0.363 e. The summed E-state index contributed by atoms with van der Waals surface area (Å²) in [5.74, 6) is 0.764. The highest BCUT2D eigenvalue weighted by atomic mass is 35.5. The zero-order valence-corrected chi connectivity index (χ0v) is 13.3. The van der Waals surface area contributed by atoms with Gasteiger partial charge in [-0.05, 0) is 31.5 Å². The normalized spacial score (nSPS) is 18.2. The smallest absolute Gasteiger partial charge is 0.181 e. The van der Waals surface area contributed by atoms with Crippen molar-refractivity contribution >= 4 is 23.1 Å². The Kier molecular flexibility index (Phi) is 3.85. The second-order valence-electron chi connectivity index (χ2n) is 5.64. The molecule has 1 aliphatic heterocycles. The van der Waals surface area contributed by atoms with Crippen LogP contribution in [0.2, 0.25) is 5.15 Å². The van der Waals surface area contributed by atoms with Gasteiger partial charge in [0.05, 0.1) is 0 Å². The molecule has 0 aromatic carbocycles. The fraction of sp³-hybridized carbons (Fsp3) is 0.312. The van der Waals surface area contributed by atoms with Gasteiger partial charge in [-0.15, -0.1) is 0 Å². The van der Waals surface area contributed by atoms with Crippen LogP contribution in [0.1, 0.15) is 12.8 Å². The highest BCUT2D eigenvalue weighted by molar-refractivity contribution is 6.32. The third-order valence-corrected chi connectivity index (χ3v) is 4.44. The second-order valence-corrected chi connectivity index (χ2v) is 6.00. The molecule has 1 unspecified atom stereocenters. The monoisotopic (exact) mass is 328 g/mol. The number of pyridine rings is 1. The lowest BCUT2D eigenvalue weighted by molar-refractivity contribution is 0.479. The molecule has 4 heterocycles. The van der Waals surface area contributed by atoms with Gasteiger partial charge in [0.2, 0.25) is 0 Å². The Hall–Kier alpha value is -2.18. The van der Waals surface area contributed by atoms with Gasteiger partial charge in [-0.3, -0.25) is 9.38 Å². The molecule has 3 aromatic rings. The predicted octanol–water partition coefficient (Wildman–Crippen LogP) is 2.61. The molecule has 0 amide bonds. The fourth-order valence-corrected chi connectivity index (χ4v) is 3.21. The SMILES string of the molecule is Clc1c(-c2ccncc2)nc(NC2CCCNC2)c2nccn12. The average Bonchev–Trinajstić information content (AvgIpc) is 3.10. The van der Waals surface area contributed by atoms with Crippen LogP contribution in [0, 0.1) is 0 Å². The maximum atomic E-state index is 6.53. The molecule has 1 atom stereocenters. The van der Waals surface area contributed by atoms with Gasteiger partial charge in [0.25, 0.3) is 0 Å². The number of nitrogens with zero attached hydrogens (tertiary/aromatic N) is 4. The fourth-order valence-electron chi connectivity index (χ4n) is 2.92. The maximum Gasteiger partial charge on any atom is 0.181 e. The molecule has 4 rings (SSSR count). The van der Waals surface area contributed by atoms with Crippen LogP contribution in [0.25, 0.3) is 16.9 Å². The van der Waals surface area contributed by atoms with Crippen molar-refractivity contribution in [2.75, 3.05) is 18.4 Å². The Morgan fingerprint density at radius 1 is 1.26 bits per heavy atom. The first-order chi connectivity index (χ1) is 11.3. The van der Waals surface area contributed by atoms with Crippen LogP contribution in [0.5, 0.6) is 0 Å². The molecule has 3 aromatic heterocycles. The first kappa shape index (κ1) is 14.4. The van der Waals surface area contributed by atoms with Crippen LogP contribution >= 0.6 is 11.6 Å². The van der Waals surface area contributed by atoms with E-state index in [4.69, 9.17) is 16.6 Å². The summed E-state index contributed by atoms with van der Waals surface area (Å²) < 4.78 is 1.86. The molecule has 7 heteroatoms. The number of anilines is 1. The molecule has 0 radical (unpaired) electrons. The lowest BCUT2D eigenvalue weighted by Crippen LogP contribution is -2.38. The minimum absolute atomic E-state index is 0.350. The van der Waals surface area contributed by atoms with E-state index in [1.807, 2.05) is 22.7 Å². The summed E-state index contributed by atoms with van der Waals surface area (Å²) in [7, 11) is 0. The van der Waals surface area contributed by atoms with Crippen molar-refractivity contribution in [3.8, 4) is 11.3 Å². The molecule has 0 saturated carbocycles. The second kappa shape index (κ2) is 6.14. The molecule has 0 bridgehead atoms. The van der Waals surface area contributed by atoms with Crippen molar-refractivity contribution in [2.24, 2.45) is 0 Å². The van der Waals surface area contributed by atoms with Gasteiger partial charge in [-0.25, -0.2) is 9.97 Å². The number of aromatic nitrogens is 4. The Morgan fingerprint density at radius 2 is 2.13 bits per heavy atom. The quantitative estimate of drug-likeness (QED) is 0.773. The zero-order chi connectivity index (χ0) is 15.6. The Bertz CT molecular complexity index is 810. The Balaban J connectivity index is 1.80. The average molecular weight is 329 g/mol. The third kappa shape index (κ3) is 2.75. The van der Waals surface area contributed by atoms with E-state index in [2.05, 4.69) is 20.6 Å². The summed E-state index contributed by atoms with van der Waals surface area (Å²) in [4.78, 5) is 13.2. The standard InChI is InChI=1S/C16H17ClN6/c17-14-13(11-3-6-18-7-4-11)22-15(16-20-8-9-23(14)16)21-12-2-1-5-19-10-12/h3-4,6-9,12,19H,1-2,5,10H2,(H,21,22). The summed E-state index contributed by atoms with van der Waals surface area (Å²) in [5.41, 5.74) is 2.41. The summed E-state index contributed by atoms with van der Waals surface area (Å²) in [5, 5.41) is 7.47. The van der Waals surface area contributed by atoms with Crippen molar-refractivity contribution in [2.45, 2.75) is 18.9 Å². The zero-order valence-electron chi connectivity index (χ0n) is 12.5. The van der Waals surface area contributed by atoms with E-state index in [1.54, 1.807) is 18.6 Å². The number of rotatable bonds is 3. The van der Waals surface area contributed by atoms with Gasteiger partial charge in [-0.1, -0.05) is 11.6 Å². The Labute approximate surface area is 138 Å². The number of halogens is 1. The van der Waals surface area contributed by atoms with Crippen LogP contribution in [-0.4, -0.2) is 38.5 Å². The highest BCUT2D eigenvalue weighted by Crippen LogP contribution is 2.30. The molecular formula is C16H17ClN6. The van der Waals surface area contributed by atoms with Gasteiger partial charge in [0.1, 0.15) is 10.8 Å². The lowest BCUT2D eigenvalue weighted by atomic mass is 10.1. The number of hydrogen-bond acceptors (Lipinski definition) is 5. The minimum atomic E-state index is 0.350. The molecule has 1 saturated heterocycles. The topological polar surface area (TPSA) is 67.1 Å². The summed E-state index contributed by atoms with van der Waals surface area (Å²) in [6.07, 6.45) is 9.35. The van der Waals surface area contributed by atoms with Crippen LogP contribution in [0.3, 0.4) is 0 Å². The number of hydrogen-bond donors (Lipinski definition) is 2. The lowest BCUT2D eigenvalue weighted by Gasteiger charge is -2.24. The highest BCUT2D eigenvalue weighted by Gasteiger charge is 2.19. The van der Waals surface area contributed by atoms with Crippen LogP contribution in [0.4, 0.5) is 5.82 Å². The van der Waals surface area contributed by atoms with E-state index in [0.29, 0.717) is 11.2 Å². The molecule has 118 valence electrons. The van der Waals surface area contributed by atoms with E-state index < -0.39 is 0 Å². The van der Waals surface area contributed by atoms with Crippen LogP contribution < -0.4 is 10.6 Å². The van der Waals surface area contributed by atoms with Crippen LogP contribution in [0.15, 0.2) is 36.9 Å². The van der Waals surface area contributed by atoms with E-state index in [9.17, 15) is 0 Å². The maximum absolute atomic E-state index is 6.53. The molecule has 1 aliphatic rings. The molecule has 1 fully saturated rings. The first-order valence-corrected chi connectivity index (χ1v) is 8.11. The van der Waals surface area contributed by atoms with E-state index in [-0.39, 0.29) is 0 Å². The van der Waals surface area contributed by atoms with Crippen molar-refractivity contribution in [1.29, 1.82) is 0 Å². The minimum Gasteiger partial charge on any atom is -0.363 e. The summed E-state index contributed by atoms with van der Waals surface area (Å²) in [6, 6.07) is 4.16. The summed E-state index contributed by atoms with van der Waals surface area (Å²) in [6.45, 7) is 2.01. The molecule has 0 aliphatic carbocycles. The number of nitrogens with one attached hydrogen (secondary N) is 2. The van der Waals surface area contributed by atoms with E-state index in [1.165, 1.54) is 0 Å². The van der Waals surface area contributed by atoms with Crippen molar-refractivity contribution in [3.63, 3.8) is 0 Å². The van der Waals surface area contributed by atoms with E-state index >= 15 is 0 Å². The van der Waals surface area contributed by atoms with Crippen LogP contribution in [-0.2, 0) is 0 Å². The van der Waals surface area contributed by atoms with Gasteiger partial charge in [0, 0.05) is 42.9 Å². The summed E-state index contributed by atoms with van der Waals surface area (Å²) >= 11 is 6.53. The third-order valence-electron chi connectivity index (χ3n) is 4.07. The van der Waals surface area contributed by atoms with Gasteiger partial charge in [0.15, 0.2) is 11.5 Å². The first-order valence-electron chi connectivity index (χ1n) is 7.73. The van der Waals surface area contributed by atoms with E-state index in [0.717, 1.165) is 48.7 Å². The van der Waals surface area contributed by atoms with Crippen molar-refractivity contribution in [1.82, 2.24) is 24.7 Å². The predicted molar refractivity (Wildman–Crippen MR) is 90.7 cm³/mol. The van der Waals surface area contributed by atoms with Gasteiger partial charge < -0.3 is 10.6 Å². The number of fused-ring (bicyclic) bond motifs is 1. The van der Waals surface area contributed by atoms with Gasteiger partial charge >= 0.3 is 0 Å². The molecular weight excluding hydrogens is 312 g/mol. The molecule has 2 N–H and O–H groups in total. The molecule has 6 nitrogen and oxygen atoms in total. The van der Waals surface area contributed by atoms with Crippen molar-refractivity contribution < 1.29 is 0 Å². The molecule has 23 heavy (non-hydrogen) atoms. The van der Waals surface area contributed by atoms with Gasteiger partial charge in [-0.2, -0.15) is 0 Å². The molecule has 0 spiro atoms. The Morgan fingerprint density at radius 3 is 2.91 bits per heavy atom. The number of imidazole rings is 1. The number of piperidine rings is 1. The van der Waals surface area contributed by atoms with Crippen molar-refractivity contribution in [3.05, 3.63) is 42.1 Å².